The second-order valence-corrected chi connectivity index (χ2v) is 7.51. The number of anilines is 1. The Kier molecular flexibility index (Phi) is 4.65. The predicted molar refractivity (Wildman–Crippen MR) is 102 cm³/mol. The fraction of sp³-hybridized carbons (Fsp3) is 0.167. The Morgan fingerprint density at radius 1 is 1.12 bits per heavy atom. The van der Waals surface area contributed by atoms with E-state index in [4.69, 9.17) is 32.7 Å². The Morgan fingerprint density at radius 3 is 2.62 bits per heavy atom. The van der Waals surface area contributed by atoms with Crippen molar-refractivity contribution in [3.05, 3.63) is 51.1 Å². The molecule has 26 heavy (non-hydrogen) atoms. The Bertz CT molecular complexity index is 1020. The lowest BCUT2D eigenvalue weighted by molar-refractivity contribution is 0.103. The van der Waals surface area contributed by atoms with Crippen LogP contribution in [0.1, 0.15) is 16.1 Å². The lowest BCUT2D eigenvalue weighted by Gasteiger charge is -2.12. The molecule has 1 aliphatic rings. The molecule has 8 heteroatoms. The summed E-state index contributed by atoms with van der Waals surface area (Å²) >= 11 is 13.7. The zero-order valence-corrected chi connectivity index (χ0v) is 15.6. The number of carbonyl (C=O) groups is 1. The maximum atomic E-state index is 13.4. The number of amides is 1. The van der Waals surface area contributed by atoms with Crippen LogP contribution in [-0.2, 0) is 0 Å². The summed E-state index contributed by atoms with van der Waals surface area (Å²) in [6, 6.07) is 7.45. The van der Waals surface area contributed by atoms with Crippen LogP contribution in [0.2, 0.25) is 10.0 Å². The number of benzene rings is 2. The average molecular weight is 412 g/mol. The van der Waals surface area contributed by atoms with Crippen LogP contribution in [0.4, 0.5) is 10.1 Å². The molecule has 3 aromatic rings. The normalized spacial score (nSPS) is 13.5. The van der Waals surface area contributed by atoms with Gasteiger partial charge in [-0.05, 0) is 18.2 Å². The average Bonchev–Trinajstić information content (AvgIpc) is 2.78. The van der Waals surface area contributed by atoms with E-state index in [-0.39, 0.29) is 15.7 Å². The molecular formula is C18H12Cl2FNO3S. The minimum absolute atomic E-state index is 0.285. The second-order valence-electron chi connectivity index (χ2n) is 5.67. The van der Waals surface area contributed by atoms with Crippen molar-refractivity contribution in [2.75, 3.05) is 18.5 Å². The number of nitrogens with one attached hydrogen (secondary N) is 1. The Labute approximate surface area is 162 Å². The molecule has 0 bridgehead atoms. The molecule has 2 heterocycles. The maximum absolute atomic E-state index is 13.4. The number of fused-ring (bicyclic) bond motifs is 2. The molecule has 134 valence electrons. The third-order valence-corrected chi connectivity index (χ3v) is 5.85. The molecule has 1 aromatic heterocycles. The molecule has 0 radical (unpaired) electrons. The van der Waals surface area contributed by atoms with Crippen molar-refractivity contribution in [2.24, 2.45) is 0 Å². The molecule has 4 rings (SSSR count). The first-order valence-corrected chi connectivity index (χ1v) is 9.38. The summed E-state index contributed by atoms with van der Waals surface area (Å²) in [6.07, 6.45) is 0.766. The minimum Gasteiger partial charge on any atom is -0.490 e. The van der Waals surface area contributed by atoms with Gasteiger partial charge in [-0.15, -0.1) is 11.3 Å². The molecule has 0 spiro atoms. The topological polar surface area (TPSA) is 47.6 Å². The SMILES string of the molecule is O=C(Nc1cc2c(cc1Cl)OCCCO2)c1sc2cc(F)ccc2c1Cl. The van der Waals surface area contributed by atoms with Gasteiger partial charge in [-0.25, -0.2) is 4.39 Å². The molecule has 0 atom stereocenters. The van der Waals surface area contributed by atoms with Crippen molar-refractivity contribution in [3.8, 4) is 11.5 Å². The van der Waals surface area contributed by atoms with Crippen LogP contribution >= 0.6 is 34.5 Å². The summed E-state index contributed by atoms with van der Waals surface area (Å²) < 4.78 is 25.2. The molecule has 1 aliphatic heterocycles. The first-order chi connectivity index (χ1) is 12.5. The molecule has 0 saturated heterocycles. The molecule has 4 nitrogen and oxygen atoms in total. The van der Waals surface area contributed by atoms with E-state index in [0.717, 1.165) is 17.8 Å². The molecular weight excluding hydrogens is 400 g/mol. The third-order valence-electron chi connectivity index (χ3n) is 3.88. The van der Waals surface area contributed by atoms with Crippen LogP contribution in [0.5, 0.6) is 11.5 Å². The molecule has 0 fully saturated rings. The number of hydrogen-bond donors (Lipinski definition) is 1. The number of thiophene rings is 1. The van der Waals surface area contributed by atoms with Crippen LogP contribution in [0.3, 0.4) is 0 Å². The van der Waals surface area contributed by atoms with Gasteiger partial charge in [0.15, 0.2) is 11.5 Å². The summed E-state index contributed by atoms with van der Waals surface area (Å²) in [7, 11) is 0. The molecule has 2 aromatic carbocycles. The zero-order valence-electron chi connectivity index (χ0n) is 13.3. The van der Waals surface area contributed by atoms with Crippen LogP contribution in [0.15, 0.2) is 30.3 Å². The van der Waals surface area contributed by atoms with E-state index >= 15 is 0 Å². The van der Waals surface area contributed by atoms with Crippen LogP contribution < -0.4 is 14.8 Å². The van der Waals surface area contributed by atoms with Gasteiger partial charge in [0.1, 0.15) is 10.7 Å². The largest absolute Gasteiger partial charge is 0.490 e. The molecule has 0 aliphatic carbocycles. The van der Waals surface area contributed by atoms with Gasteiger partial charge in [0.2, 0.25) is 0 Å². The van der Waals surface area contributed by atoms with Crippen molar-refractivity contribution >= 4 is 56.2 Å². The van der Waals surface area contributed by atoms with Gasteiger partial charge in [0.25, 0.3) is 5.91 Å². The fourth-order valence-corrected chi connectivity index (χ4v) is 4.28. The predicted octanol–water partition coefficient (Wildman–Crippen LogP) is 5.76. The van der Waals surface area contributed by atoms with Crippen LogP contribution in [-0.4, -0.2) is 19.1 Å². The van der Waals surface area contributed by atoms with Gasteiger partial charge in [0, 0.05) is 28.6 Å². The van der Waals surface area contributed by atoms with Crippen molar-refractivity contribution in [2.45, 2.75) is 6.42 Å². The van der Waals surface area contributed by atoms with Gasteiger partial charge in [0.05, 0.1) is 28.9 Å². The smallest absolute Gasteiger partial charge is 0.267 e. The van der Waals surface area contributed by atoms with E-state index in [9.17, 15) is 9.18 Å². The van der Waals surface area contributed by atoms with Gasteiger partial charge >= 0.3 is 0 Å². The number of rotatable bonds is 2. The van der Waals surface area contributed by atoms with Gasteiger partial charge < -0.3 is 14.8 Å². The Balaban J connectivity index is 1.66. The van der Waals surface area contributed by atoms with E-state index in [1.54, 1.807) is 18.2 Å². The first kappa shape index (κ1) is 17.4. The zero-order chi connectivity index (χ0) is 18.3. The highest BCUT2D eigenvalue weighted by Crippen LogP contribution is 2.39. The Morgan fingerprint density at radius 2 is 1.85 bits per heavy atom. The van der Waals surface area contributed by atoms with Crippen LogP contribution in [0, 0.1) is 5.82 Å². The van der Waals surface area contributed by atoms with Gasteiger partial charge in [-0.2, -0.15) is 0 Å². The highest BCUT2D eigenvalue weighted by atomic mass is 35.5. The standard InChI is InChI=1S/C18H12Cl2FNO3S/c19-11-7-13-14(25-5-1-4-24-13)8-12(11)22-18(23)17-16(20)10-3-2-9(21)6-15(10)26-17/h2-3,6-8H,1,4-5H2,(H,22,23). The number of hydrogen-bond acceptors (Lipinski definition) is 4. The molecule has 0 unspecified atom stereocenters. The second kappa shape index (κ2) is 6.95. The monoisotopic (exact) mass is 411 g/mol. The quantitative estimate of drug-likeness (QED) is 0.582. The van der Waals surface area contributed by atoms with E-state index in [1.807, 2.05) is 0 Å². The van der Waals surface area contributed by atoms with Crippen molar-refractivity contribution < 1.29 is 18.7 Å². The summed E-state index contributed by atoms with van der Waals surface area (Å²) in [5.74, 6) is 0.258. The number of ether oxygens (including phenoxy) is 2. The third kappa shape index (κ3) is 3.20. The molecule has 1 N–H and O–H groups in total. The van der Waals surface area contributed by atoms with Gasteiger partial charge in [-0.3, -0.25) is 4.79 Å². The van der Waals surface area contributed by atoms with Crippen molar-refractivity contribution in [3.63, 3.8) is 0 Å². The first-order valence-electron chi connectivity index (χ1n) is 7.81. The lowest BCUT2D eigenvalue weighted by Crippen LogP contribution is -2.11. The van der Waals surface area contributed by atoms with E-state index in [1.165, 1.54) is 12.1 Å². The maximum Gasteiger partial charge on any atom is 0.267 e. The summed E-state index contributed by atoms with van der Waals surface area (Å²) in [5, 5.41) is 3.98. The van der Waals surface area contributed by atoms with E-state index in [2.05, 4.69) is 5.32 Å². The summed E-state index contributed by atoms with van der Waals surface area (Å²) in [5.41, 5.74) is 0.389. The Hall–Kier alpha value is -2.02. The minimum atomic E-state index is -0.423. The molecule has 1 amide bonds. The van der Waals surface area contributed by atoms with Gasteiger partial charge in [-0.1, -0.05) is 23.2 Å². The molecule has 0 saturated carbocycles. The summed E-state index contributed by atoms with van der Waals surface area (Å²) in [4.78, 5) is 13.0. The summed E-state index contributed by atoms with van der Waals surface area (Å²) in [6.45, 7) is 1.07. The highest BCUT2D eigenvalue weighted by Gasteiger charge is 2.20. The van der Waals surface area contributed by atoms with E-state index < -0.39 is 5.91 Å². The lowest BCUT2D eigenvalue weighted by atomic mass is 10.2. The van der Waals surface area contributed by atoms with E-state index in [0.29, 0.717) is 45.5 Å². The fourth-order valence-electron chi connectivity index (χ4n) is 2.64. The van der Waals surface area contributed by atoms with Crippen molar-refractivity contribution in [1.82, 2.24) is 0 Å². The van der Waals surface area contributed by atoms with Crippen LogP contribution in [0.25, 0.3) is 10.1 Å². The number of halogens is 3. The number of carbonyl (C=O) groups excluding carboxylic acids is 1. The highest BCUT2D eigenvalue weighted by molar-refractivity contribution is 7.21. The van der Waals surface area contributed by atoms with Crippen molar-refractivity contribution in [1.29, 1.82) is 0 Å².